The van der Waals surface area contributed by atoms with Crippen molar-refractivity contribution in [1.29, 1.82) is 0 Å². The number of hydrogen-bond donors (Lipinski definition) is 0. The molecule has 0 radical (unpaired) electrons. The lowest BCUT2D eigenvalue weighted by Gasteiger charge is -2.16. The summed E-state index contributed by atoms with van der Waals surface area (Å²) in [4.78, 5) is 97.4. The normalized spacial score (nSPS) is 16.0. The van der Waals surface area contributed by atoms with Gasteiger partial charge in [-0.1, -0.05) is 13.2 Å². The van der Waals surface area contributed by atoms with Gasteiger partial charge in [0.2, 0.25) is 0 Å². The maximum atomic E-state index is 13.1. The average molecular weight is 979 g/mol. The number of carbonyl (C=O) groups excluding carboxylic acids is 8. The molecule has 2 aliphatic rings. The Morgan fingerprint density at radius 3 is 1.28 bits per heavy atom. The molecule has 0 saturated carbocycles. The highest BCUT2D eigenvalue weighted by atomic mass is 16.7. The fraction of sp³-hybridized carbons (Fsp3) is 0.255. The van der Waals surface area contributed by atoms with Gasteiger partial charge in [-0.2, -0.15) is 0 Å². The second-order valence-electron chi connectivity index (χ2n) is 15.0. The van der Waals surface area contributed by atoms with Gasteiger partial charge in [0.05, 0.1) is 68.2 Å². The Morgan fingerprint density at radius 1 is 0.479 bits per heavy atom. The van der Waals surface area contributed by atoms with E-state index in [9.17, 15) is 38.4 Å². The van der Waals surface area contributed by atoms with Crippen LogP contribution in [0.3, 0.4) is 0 Å². The van der Waals surface area contributed by atoms with Crippen LogP contribution >= 0.6 is 0 Å². The van der Waals surface area contributed by atoms with Crippen LogP contribution in [0.2, 0.25) is 0 Å². The van der Waals surface area contributed by atoms with Gasteiger partial charge in [0, 0.05) is 17.7 Å². The molecule has 2 heterocycles. The quantitative estimate of drug-likeness (QED) is 0.0143. The molecule has 0 bridgehead atoms. The lowest BCUT2D eigenvalue weighted by molar-refractivity contribution is -0.138. The third kappa shape index (κ3) is 16.0. The summed E-state index contributed by atoms with van der Waals surface area (Å²) in [6.07, 6.45) is 1.20. The minimum atomic E-state index is -0.943. The van der Waals surface area contributed by atoms with Crippen molar-refractivity contribution in [3.63, 3.8) is 0 Å². The number of hydrogen-bond acceptors (Lipinski definition) is 20. The van der Waals surface area contributed by atoms with Crippen LogP contribution in [0.25, 0.3) is 0 Å². The van der Waals surface area contributed by atoms with Gasteiger partial charge in [0.25, 0.3) is 0 Å². The van der Waals surface area contributed by atoms with Gasteiger partial charge in [0.15, 0.2) is 6.10 Å². The van der Waals surface area contributed by atoms with Crippen molar-refractivity contribution in [3.8, 4) is 23.0 Å². The van der Waals surface area contributed by atoms with Crippen molar-refractivity contribution in [2.24, 2.45) is 0 Å². The Kier molecular flexibility index (Phi) is 19.1. The van der Waals surface area contributed by atoms with E-state index < -0.39 is 66.4 Å². The summed E-state index contributed by atoms with van der Waals surface area (Å²) in [7, 11) is 0. The van der Waals surface area contributed by atoms with Crippen LogP contribution in [-0.4, -0.2) is 106 Å². The van der Waals surface area contributed by atoms with Crippen molar-refractivity contribution in [1.82, 2.24) is 0 Å². The third-order valence-corrected chi connectivity index (χ3v) is 10.0. The van der Waals surface area contributed by atoms with Crippen LogP contribution in [0.15, 0.2) is 134 Å². The summed E-state index contributed by atoms with van der Waals surface area (Å²) >= 11 is 0. The van der Waals surface area contributed by atoms with Gasteiger partial charge in [-0.3, -0.25) is 0 Å². The highest BCUT2D eigenvalue weighted by Crippen LogP contribution is 2.33. The molecule has 3 atom stereocenters. The maximum absolute atomic E-state index is 13.1. The number of carbonyl (C=O) groups is 8. The second kappa shape index (κ2) is 26.2. The zero-order valence-corrected chi connectivity index (χ0v) is 37.9. The molecule has 2 saturated heterocycles. The molecule has 2 aliphatic heterocycles. The number of unbranched alkanes of at least 4 members (excludes halogenated alkanes) is 2. The fourth-order valence-electron chi connectivity index (χ4n) is 6.38. The Hall–Kier alpha value is -8.62. The molecule has 0 amide bonds. The van der Waals surface area contributed by atoms with E-state index in [1.807, 2.05) is 0 Å². The largest absolute Gasteiger partial charge is 0.513 e. The summed E-state index contributed by atoms with van der Waals surface area (Å²) in [5.74, 6) is -3.33. The van der Waals surface area contributed by atoms with Crippen LogP contribution in [0.4, 0.5) is 9.59 Å². The highest BCUT2D eigenvalue weighted by Gasteiger charge is 2.47. The number of ether oxygens (including phenoxy) is 12. The zero-order chi connectivity index (χ0) is 50.5. The van der Waals surface area contributed by atoms with Gasteiger partial charge in [0.1, 0.15) is 35.2 Å². The van der Waals surface area contributed by atoms with E-state index >= 15 is 0 Å². The van der Waals surface area contributed by atoms with Crippen LogP contribution in [-0.2, 0) is 47.5 Å². The molecule has 0 N–H and O–H groups in total. The second-order valence-corrected chi connectivity index (χ2v) is 15.0. The predicted molar refractivity (Wildman–Crippen MR) is 243 cm³/mol. The molecular formula is C51H46O20. The topological polar surface area (TPSA) is 247 Å². The molecule has 71 heavy (non-hydrogen) atoms. The average Bonchev–Trinajstić information content (AvgIpc) is 3.98. The SMILES string of the molecule is C=CC(=O)OCCCCOC(=O)Oc1ccc(C(=O)Oc2ccc(C(=O)OC=C3COC4C3OC[C@H]4OC(=O)c3ccc(OC(=O)c4ccc(OC(=O)OCCCCOC(=O)C=C)cc4)cc3)cc2)cc1. The smallest absolute Gasteiger partial charge is 0.463 e. The minimum Gasteiger partial charge on any atom is -0.463 e. The monoisotopic (exact) mass is 978 g/mol. The fourth-order valence-corrected chi connectivity index (χ4v) is 6.38. The summed E-state index contributed by atoms with van der Waals surface area (Å²) in [6.45, 7) is 7.08. The van der Waals surface area contributed by atoms with Crippen LogP contribution in [0, 0.1) is 0 Å². The van der Waals surface area contributed by atoms with E-state index in [0.717, 1.165) is 12.2 Å². The third-order valence-electron chi connectivity index (χ3n) is 10.0. The Bertz CT molecular complexity index is 2580. The lowest BCUT2D eigenvalue weighted by atomic mass is 10.1. The lowest BCUT2D eigenvalue weighted by Crippen LogP contribution is -2.32. The molecule has 20 heteroatoms. The minimum absolute atomic E-state index is 0.0106. The Morgan fingerprint density at radius 2 is 0.859 bits per heavy atom. The van der Waals surface area contributed by atoms with Crippen LogP contribution in [0.5, 0.6) is 23.0 Å². The van der Waals surface area contributed by atoms with E-state index in [1.165, 1.54) is 103 Å². The van der Waals surface area contributed by atoms with Gasteiger partial charge in [-0.25, -0.2) is 38.4 Å². The summed E-state index contributed by atoms with van der Waals surface area (Å²) in [5.41, 5.74) is 1.13. The van der Waals surface area contributed by atoms with Gasteiger partial charge in [-0.05, 0) is 123 Å². The van der Waals surface area contributed by atoms with E-state index in [4.69, 9.17) is 56.8 Å². The Balaban J connectivity index is 0.878. The molecule has 4 aromatic rings. The van der Waals surface area contributed by atoms with Crippen molar-refractivity contribution in [2.45, 2.75) is 44.0 Å². The van der Waals surface area contributed by atoms with E-state index in [1.54, 1.807) is 0 Å². The standard InChI is InChI=1S/C51H46O20/c1-3-42(52)60-25-5-7-27-62-50(58)69-39-21-13-33(14-22-39)47(55)67-37-17-9-32(10-18-37)46(54)66-30-36-29-64-45-41(31-65-44(36)45)71-49(57)35-11-19-38(20-12-35)68-48(56)34-15-23-40(24-16-34)70-51(59)63-28-8-6-26-61-43(53)4-2/h3-4,9-24,30,41,44-45H,1-2,5-8,25-29,31H2/t41-,44?,45?/m1/s1. The number of rotatable bonds is 22. The molecule has 2 unspecified atom stereocenters. The summed E-state index contributed by atoms with van der Waals surface area (Å²) in [6, 6.07) is 22.5. The van der Waals surface area contributed by atoms with E-state index in [2.05, 4.69) is 13.2 Å². The Labute approximate surface area is 405 Å². The van der Waals surface area contributed by atoms with Gasteiger partial charge >= 0.3 is 48.1 Å². The molecule has 0 aliphatic carbocycles. The first-order valence-electron chi connectivity index (χ1n) is 21.9. The first-order valence-corrected chi connectivity index (χ1v) is 21.9. The number of fused-ring (bicyclic) bond motifs is 1. The maximum Gasteiger partial charge on any atom is 0.513 e. The van der Waals surface area contributed by atoms with Crippen LogP contribution < -0.4 is 18.9 Å². The van der Waals surface area contributed by atoms with Crippen molar-refractivity contribution >= 4 is 48.1 Å². The number of benzene rings is 4. The molecule has 0 spiro atoms. The molecule has 20 nitrogen and oxygen atoms in total. The van der Waals surface area contributed by atoms with E-state index in [0.29, 0.717) is 31.3 Å². The first-order chi connectivity index (χ1) is 34.4. The van der Waals surface area contributed by atoms with Gasteiger partial charge in [-0.15, -0.1) is 0 Å². The predicted octanol–water partition coefficient (Wildman–Crippen LogP) is 7.24. The van der Waals surface area contributed by atoms with Crippen molar-refractivity contribution in [2.75, 3.05) is 39.6 Å². The molecule has 370 valence electrons. The summed E-state index contributed by atoms with van der Waals surface area (Å²) < 4.78 is 63.4. The van der Waals surface area contributed by atoms with Crippen molar-refractivity contribution in [3.05, 3.63) is 156 Å². The molecule has 2 fully saturated rings. The first kappa shape index (κ1) is 51.8. The molecule has 6 rings (SSSR count). The molecule has 4 aromatic carbocycles. The number of esters is 6. The van der Waals surface area contributed by atoms with Crippen molar-refractivity contribution < 1.29 is 95.2 Å². The summed E-state index contributed by atoms with van der Waals surface area (Å²) in [5, 5.41) is 0. The van der Waals surface area contributed by atoms with Gasteiger partial charge < -0.3 is 56.8 Å². The van der Waals surface area contributed by atoms with E-state index in [-0.39, 0.29) is 84.9 Å². The highest BCUT2D eigenvalue weighted by molar-refractivity contribution is 5.93. The molecular weight excluding hydrogens is 933 g/mol. The molecule has 0 aromatic heterocycles. The zero-order valence-electron chi connectivity index (χ0n) is 37.9. The van der Waals surface area contributed by atoms with Crippen LogP contribution in [0.1, 0.15) is 67.1 Å².